The molecule has 0 radical (unpaired) electrons. The molecule has 5 nitrogen and oxygen atoms in total. The number of rotatable bonds is 2. The number of carbonyl (C=O) groups is 2. The summed E-state index contributed by atoms with van der Waals surface area (Å²) < 4.78 is 0. The topological polar surface area (TPSA) is 81.6 Å². The van der Waals surface area contributed by atoms with E-state index >= 15 is 0 Å². The number of amidine groups is 1. The first-order valence-electron chi connectivity index (χ1n) is 5.39. The second kappa shape index (κ2) is 5.33. The minimum absolute atomic E-state index is 0. The van der Waals surface area contributed by atoms with Crippen molar-refractivity contribution < 1.29 is 44.3 Å². The fourth-order valence-electron chi connectivity index (χ4n) is 2.47. The van der Waals surface area contributed by atoms with Gasteiger partial charge >= 0.3 is 29.6 Å². The van der Waals surface area contributed by atoms with Gasteiger partial charge in [-0.3, -0.25) is 9.59 Å². The Bertz CT molecular complexity index is 406. The van der Waals surface area contributed by atoms with Gasteiger partial charge in [0.2, 0.25) is 5.91 Å². The van der Waals surface area contributed by atoms with Crippen molar-refractivity contribution in [1.82, 2.24) is 5.32 Å². The summed E-state index contributed by atoms with van der Waals surface area (Å²) in [7, 11) is 0. The van der Waals surface area contributed by atoms with Crippen molar-refractivity contribution in [2.75, 3.05) is 0 Å². The predicted molar refractivity (Wildman–Crippen MR) is 55.2 cm³/mol. The van der Waals surface area contributed by atoms with E-state index in [1.807, 2.05) is 12.2 Å². The SMILES string of the molecule is CCC1(C2C=CCC2)C(=O)N=C([O-])NC1=O.[Na+]. The standard InChI is InChI=1S/C11H14N2O3.Na/c1-2-11(7-5-3-4-6-7)8(14)12-10(16)13-9(11)15;/h3,5,7H,2,4,6H2,1H3,(H2,12,13,14,15,16);/q;+1/p-1. The van der Waals surface area contributed by atoms with E-state index in [9.17, 15) is 14.7 Å². The van der Waals surface area contributed by atoms with Crippen molar-refractivity contribution in [3.63, 3.8) is 0 Å². The first kappa shape index (κ1) is 14.4. The summed E-state index contributed by atoms with van der Waals surface area (Å²) in [5.41, 5.74) is -1.17. The molecule has 1 aliphatic heterocycles. The Kier molecular flexibility index (Phi) is 4.52. The molecule has 86 valence electrons. The van der Waals surface area contributed by atoms with Gasteiger partial charge in [0.15, 0.2) is 0 Å². The molecule has 0 saturated carbocycles. The van der Waals surface area contributed by atoms with Gasteiger partial charge < -0.3 is 10.4 Å². The zero-order chi connectivity index (χ0) is 11.8. The van der Waals surface area contributed by atoms with Crippen LogP contribution in [0.15, 0.2) is 17.1 Å². The van der Waals surface area contributed by atoms with Gasteiger partial charge in [0.25, 0.3) is 5.91 Å². The second-order valence-electron chi connectivity index (χ2n) is 4.11. The maximum Gasteiger partial charge on any atom is 1.00 e. The van der Waals surface area contributed by atoms with E-state index in [1.54, 1.807) is 6.92 Å². The fourth-order valence-corrected chi connectivity index (χ4v) is 2.47. The maximum absolute atomic E-state index is 11.9. The quantitative estimate of drug-likeness (QED) is 0.314. The van der Waals surface area contributed by atoms with Crippen molar-refractivity contribution in [3.8, 4) is 0 Å². The number of aliphatic imine (C=N–C) groups is 1. The zero-order valence-electron chi connectivity index (χ0n) is 10.0. The fraction of sp³-hybridized carbons (Fsp3) is 0.545. The molecule has 2 amide bonds. The van der Waals surface area contributed by atoms with Gasteiger partial charge in [-0.2, -0.15) is 0 Å². The molecule has 2 rings (SSSR count). The summed E-state index contributed by atoms with van der Waals surface area (Å²) in [5.74, 6) is -1.24. The monoisotopic (exact) mass is 244 g/mol. The number of amides is 2. The van der Waals surface area contributed by atoms with Crippen LogP contribution in [0.25, 0.3) is 0 Å². The molecule has 0 aromatic carbocycles. The Morgan fingerprint density at radius 3 is 2.76 bits per heavy atom. The average Bonchev–Trinajstić information content (AvgIpc) is 2.71. The molecular formula is C11H13N2NaO3. The molecule has 2 unspecified atom stereocenters. The van der Waals surface area contributed by atoms with E-state index in [0.717, 1.165) is 12.8 Å². The van der Waals surface area contributed by atoms with Gasteiger partial charge in [0.1, 0.15) is 5.41 Å². The molecule has 1 heterocycles. The van der Waals surface area contributed by atoms with Crippen LogP contribution in [0.3, 0.4) is 0 Å². The molecule has 0 spiro atoms. The van der Waals surface area contributed by atoms with Gasteiger partial charge in [0, 0.05) is 5.92 Å². The van der Waals surface area contributed by atoms with Gasteiger partial charge in [0.05, 0.1) is 6.02 Å². The van der Waals surface area contributed by atoms with Crippen LogP contribution in [0, 0.1) is 11.3 Å². The summed E-state index contributed by atoms with van der Waals surface area (Å²) in [6.07, 6.45) is 5.83. The van der Waals surface area contributed by atoms with Crippen LogP contribution in [0.4, 0.5) is 0 Å². The van der Waals surface area contributed by atoms with E-state index < -0.39 is 23.3 Å². The van der Waals surface area contributed by atoms with Crippen molar-refractivity contribution in [2.24, 2.45) is 16.3 Å². The normalized spacial score (nSPS) is 31.8. The van der Waals surface area contributed by atoms with Crippen LogP contribution in [-0.2, 0) is 9.59 Å². The third kappa shape index (κ3) is 2.19. The third-order valence-electron chi connectivity index (χ3n) is 3.41. The second-order valence-corrected chi connectivity index (χ2v) is 4.11. The molecule has 6 heteroatoms. The summed E-state index contributed by atoms with van der Waals surface area (Å²) in [4.78, 5) is 27.1. The first-order chi connectivity index (χ1) is 7.61. The van der Waals surface area contributed by atoms with Crippen LogP contribution in [0.1, 0.15) is 26.2 Å². The van der Waals surface area contributed by atoms with E-state index in [0.29, 0.717) is 6.42 Å². The Labute approximate surface area is 122 Å². The molecule has 2 aliphatic rings. The maximum atomic E-state index is 11.9. The first-order valence-corrected chi connectivity index (χ1v) is 5.39. The molecule has 17 heavy (non-hydrogen) atoms. The number of nitrogens with zero attached hydrogens (tertiary/aromatic N) is 1. The molecular weight excluding hydrogens is 231 g/mol. The van der Waals surface area contributed by atoms with Crippen molar-refractivity contribution in [2.45, 2.75) is 26.2 Å². The molecule has 0 aromatic rings. The number of allylic oxidation sites excluding steroid dienone is 2. The van der Waals surface area contributed by atoms with Crippen molar-refractivity contribution in [1.29, 1.82) is 0 Å². The minimum Gasteiger partial charge on any atom is -0.846 e. The van der Waals surface area contributed by atoms with Crippen LogP contribution in [0.2, 0.25) is 0 Å². The van der Waals surface area contributed by atoms with Gasteiger partial charge in [-0.1, -0.05) is 19.1 Å². The molecule has 0 fully saturated rings. The number of nitrogens with one attached hydrogen (secondary N) is 1. The molecule has 0 saturated heterocycles. The summed E-state index contributed by atoms with van der Waals surface area (Å²) in [5, 5.41) is 13.1. The Hall–Kier alpha value is -0.650. The van der Waals surface area contributed by atoms with E-state index in [-0.39, 0.29) is 35.5 Å². The number of hydrogen-bond acceptors (Lipinski definition) is 3. The van der Waals surface area contributed by atoms with E-state index in [4.69, 9.17) is 0 Å². The van der Waals surface area contributed by atoms with Crippen LogP contribution < -0.4 is 40.0 Å². The molecule has 0 bridgehead atoms. The third-order valence-corrected chi connectivity index (χ3v) is 3.41. The molecule has 1 aliphatic carbocycles. The van der Waals surface area contributed by atoms with E-state index in [1.165, 1.54) is 0 Å². The number of carbonyl (C=O) groups excluding carboxylic acids is 2. The number of hydrogen-bond donors (Lipinski definition) is 1. The smallest absolute Gasteiger partial charge is 0.846 e. The largest absolute Gasteiger partial charge is 1.00 e. The van der Waals surface area contributed by atoms with Gasteiger partial charge in [-0.25, -0.2) is 4.99 Å². The summed E-state index contributed by atoms with van der Waals surface area (Å²) in [6.45, 7) is 1.77. The minimum atomic E-state index is -1.17. The van der Waals surface area contributed by atoms with Gasteiger partial charge in [-0.05, 0) is 19.3 Å². The van der Waals surface area contributed by atoms with E-state index in [2.05, 4.69) is 10.3 Å². The molecule has 0 aromatic heterocycles. The van der Waals surface area contributed by atoms with Gasteiger partial charge in [-0.15, -0.1) is 0 Å². The summed E-state index contributed by atoms with van der Waals surface area (Å²) >= 11 is 0. The molecule has 1 N–H and O–H groups in total. The van der Waals surface area contributed by atoms with Crippen LogP contribution in [-0.4, -0.2) is 17.8 Å². The Balaban J connectivity index is 0.00000144. The van der Waals surface area contributed by atoms with Crippen LogP contribution in [0.5, 0.6) is 0 Å². The summed E-state index contributed by atoms with van der Waals surface area (Å²) in [6, 6.07) is -0.846. The van der Waals surface area contributed by atoms with Crippen molar-refractivity contribution >= 4 is 17.8 Å². The Morgan fingerprint density at radius 2 is 2.29 bits per heavy atom. The predicted octanol–water partition coefficient (Wildman–Crippen LogP) is -3.27. The zero-order valence-corrected chi connectivity index (χ0v) is 12.0. The average molecular weight is 244 g/mol. The van der Waals surface area contributed by atoms with Crippen molar-refractivity contribution in [3.05, 3.63) is 12.2 Å². The Morgan fingerprint density at radius 1 is 1.59 bits per heavy atom. The van der Waals surface area contributed by atoms with Crippen LogP contribution >= 0.6 is 0 Å². The molecule has 2 atom stereocenters.